The molecule has 0 aliphatic carbocycles. The molecule has 1 aromatic heterocycles. The number of phenolic OH excluding ortho intramolecular Hbond substituents is 1. The summed E-state index contributed by atoms with van der Waals surface area (Å²) in [6, 6.07) is 7.02. The van der Waals surface area contributed by atoms with Crippen molar-refractivity contribution in [1.82, 2.24) is 4.98 Å². The molecule has 0 amide bonds. The van der Waals surface area contributed by atoms with E-state index in [0.29, 0.717) is 0 Å². The standard InChI is InChI=1S/C12H13NO2/c1-8(2)12-11(13-7-15-12)9-4-3-5-10(14)6-9/h3-8,14H,1-2H3. The molecule has 0 spiro atoms. The fourth-order valence-corrected chi connectivity index (χ4v) is 1.53. The number of rotatable bonds is 2. The maximum absolute atomic E-state index is 9.38. The van der Waals surface area contributed by atoms with E-state index in [1.165, 1.54) is 6.39 Å². The van der Waals surface area contributed by atoms with Crippen LogP contribution in [0.5, 0.6) is 5.75 Å². The molecule has 1 aromatic carbocycles. The molecule has 15 heavy (non-hydrogen) atoms. The van der Waals surface area contributed by atoms with Crippen LogP contribution in [0, 0.1) is 0 Å². The summed E-state index contributed by atoms with van der Waals surface area (Å²) in [6.07, 6.45) is 1.44. The Kier molecular flexibility index (Phi) is 2.46. The minimum absolute atomic E-state index is 0.241. The van der Waals surface area contributed by atoms with E-state index in [2.05, 4.69) is 4.98 Å². The monoisotopic (exact) mass is 203 g/mol. The predicted molar refractivity (Wildman–Crippen MR) is 57.7 cm³/mol. The van der Waals surface area contributed by atoms with Gasteiger partial charge in [0.05, 0.1) is 0 Å². The van der Waals surface area contributed by atoms with E-state index in [9.17, 15) is 5.11 Å². The van der Waals surface area contributed by atoms with Crippen LogP contribution in [-0.2, 0) is 0 Å². The van der Waals surface area contributed by atoms with Crippen molar-refractivity contribution in [1.29, 1.82) is 0 Å². The van der Waals surface area contributed by atoms with Crippen LogP contribution < -0.4 is 0 Å². The first-order chi connectivity index (χ1) is 7.18. The van der Waals surface area contributed by atoms with Crippen molar-refractivity contribution in [2.75, 3.05) is 0 Å². The molecule has 0 fully saturated rings. The third kappa shape index (κ3) is 1.86. The van der Waals surface area contributed by atoms with E-state index < -0.39 is 0 Å². The van der Waals surface area contributed by atoms with Crippen molar-refractivity contribution in [2.24, 2.45) is 0 Å². The average Bonchev–Trinajstić information content (AvgIpc) is 2.65. The van der Waals surface area contributed by atoms with Gasteiger partial charge in [-0.05, 0) is 12.1 Å². The second-order valence-electron chi connectivity index (χ2n) is 3.77. The zero-order valence-electron chi connectivity index (χ0n) is 8.77. The van der Waals surface area contributed by atoms with Crippen molar-refractivity contribution in [3.05, 3.63) is 36.4 Å². The van der Waals surface area contributed by atoms with Crippen molar-refractivity contribution in [2.45, 2.75) is 19.8 Å². The van der Waals surface area contributed by atoms with Gasteiger partial charge in [0.2, 0.25) is 0 Å². The highest BCUT2D eigenvalue weighted by molar-refractivity contribution is 5.63. The lowest BCUT2D eigenvalue weighted by molar-refractivity contribution is 0.475. The van der Waals surface area contributed by atoms with Crippen LogP contribution in [0.1, 0.15) is 25.5 Å². The number of aromatic hydroxyl groups is 1. The van der Waals surface area contributed by atoms with E-state index in [4.69, 9.17) is 4.42 Å². The quantitative estimate of drug-likeness (QED) is 0.815. The van der Waals surface area contributed by atoms with Crippen LogP contribution in [0.2, 0.25) is 0 Å². The van der Waals surface area contributed by atoms with Gasteiger partial charge in [0.15, 0.2) is 6.39 Å². The number of oxazole rings is 1. The number of hydrogen-bond donors (Lipinski definition) is 1. The minimum Gasteiger partial charge on any atom is -0.508 e. The highest BCUT2D eigenvalue weighted by Crippen LogP contribution is 2.29. The molecule has 0 saturated carbocycles. The largest absolute Gasteiger partial charge is 0.508 e. The van der Waals surface area contributed by atoms with Crippen LogP contribution in [0.25, 0.3) is 11.3 Å². The van der Waals surface area contributed by atoms with Gasteiger partial charge in [0.25, 0.3) is 0 Å². The smallest absolute Gasteiger partial charge is 0.181 e. The lowest BCUT2D eigenvalue weighted by Gasteiger charge is -2.04. The van der Waals surface area contributed by atoms with Gasteiger partial charge < -0.3 is 9.52 Å². The summed E-state index contributed by atoms with van der Waals surface area (Å²) >= 11 is 0. The molecule has 0 atom stereocenters. The number of hydrogen-bond acceptors (Lipinski definition) is 3. The van der Waals surface area contributed by atoms with E-state index in [-0.39, 0.29) is 11.7 Å². The zero-order valence-corrected chi connectivity index (χ0v) is 8.77. The molecule has 0 unspecified atom stereocenters. The second kappa shape index (κ2) is 3.77. The molecule has 1 N–H and O–H groups in total. The lowest BCUT2D eigenvalue weighted by Crippen LogP contribution is -1.88. The highest BCUT2D eigenvalue weighted by atomic mass is 16.3. The van der Waals surface area contributed by atoms with Crippen LogP contribution >= 0.6 is 0 Å². The molecule has 2 aromatic rings. The molecule has 0 aliphatic rings. The molecular formula is C12H13NO2. The average molecular weight is 203 g/mol. The molecule has 0 bridgehead atoms. The summed E-state index contributed by atoms with van der Waals surface area (Å²) < 4.78 is 5.33. The number of aromatic nitrogens is 1. The van der Waals surface area contributed by atoms with Crippen LogP contribution in [-0.4, -0.2) is 10.1 Å². The van der Waals surface area contributed by atoms with Crippen LogP contribution in [0.4, 0.5) is 0 Å². The molecule has 3 heteroatoms. The van der Waals surface area contributed by atoms with E-state index >= 15 is 0 Å². The van der Waals surface area contributed by atoms with Crippen LogP contribution in [0.3, 0.4) is 0 Å². The summed E-state index contributed by atoms with van der Waals surface area (Å²) in [7, 11) is 0. The lowest BCUT2D eigenvalue weighted by atomic mass is 10.0. The van der Waals surface area contributed by atoms with Crippen molar-refractivity contribution >= 4 is 0 Å². The Morgan fingerprint density at radius 2 is 2.13 bits per heavy atom. The van der Waals surface area contributed by atoms with E-state index in [1.807, 2.05) is 19.9 Å². The molecule has 1 heterocycles. The van der Waals surface area contributed by atoms with E-state index in [0.717, 1.165) is 17.0 Å². The Morgan fingerprint density at radius 1 is 1.33 bits per heavy atom. The Bertz CT molecular complexity index is 460. The Morgan fingerprint density at radius 3 is 2.80 bits per heavy atom. The third-order valence-electron chi connectivity index (χ3n) is 2.24. The van der Waals surface area contributed by atoms with Gasteiger partial charge in [-0.15, -0.1) is 0 Å². The molecule has 78 valence electrons. The van der Waals surface area contributed by atoms with Gasteiger partial charge >= 0.3 is 0 Å². The molecule has 3 nitrogen and oxygen atoms in total. The van der Waals surface area contributed by atoms with Gasteiger partial charge in [0.1, 0.15) is 17.2 Å². The summed E-state index contributed by atoms with van der Waals surface area (Å²) in [4.78, 5) is 4.17. The summed E-state index contributed by atoms with van der Waals surface area (Å²) in [6.45, 7) is 4.10. The molecule has 0 saturated heterocycles. The predicted octanol–water partition coefficient (Wildman–Crippen LogP) is 3.17. The normalized spacial score (nSPS) is 10.9. The van der Waals surface area contributed by atoms with Gasteiger partial charge in [-0.25, -0.2) is 4.98 Å². The van der Waals surface area contributed by atoms with Crippen molar-refractivity contribution < 1.29 is 9.52 Å². The Balaban J connectivity index is 2.49. The SMILES string of the molecule is CC(C)c1ocnc1-c1cccc(O)c1. The molecule has 0 radical (unpaired) electrons. The minimum atomic E-state index is 0.241. The van der Waals surface area contributed by atoms with Gasteiger partial charge in [-0.2, -0.15) is 0 Å². The fourth-order valence-electron chi connectivity index (χ4n) is 1.53. The Hall–Kier alpha value is -1.77. The highest BCUT2D eigenvalue weighted by Gasteiger charge is 2.13. The van der Waals surface area contributed by atoms with Gasteiger partial charge in [0, 0.05) is 11.5 Å². The van der Waals surface area contributed by atoms with Crippen molar-refractivity contribution in [3.8, 4) is 17.0 Å². The summed E-state index contributed by atoms with van der Waals surface area (Å²) in [5, 5.41) is 9.38. The molecular weight excluding hydrogens is 190 g/mol. The molecule has 0 aliphatic heterocycles. The Labute approximate surface area is 88.4 Å². The first-order valence-corrected chi connectivity index (χ1v) is 4.91. The first-order valence-electron chi connectivity index (χ1n) is 4.91. The number of nitrogens with zero attached hydrogens (tertiary/aromatic N) is 1. The van der Waals surface area contributed by atoms with E-state index in [1.54, 1.807) is 18.2 Å². The first kappa shape index (κ1) is 9.77. The topological polar surface area (TPSA) is 46.3 Å². The van der Waals surface area contributed by atoms with Crippen molar-refractivity contribution in [3.63, 3.8) is 0 Å². The van der Waals surface area contributed by atoms with Gasteiger partial charge in [-0.1, -0.05) is 26.0 Å². The number of benzene rings is 1. The van der Waals surface area contributed by atoms with Gasteiger partial charge in [-0.3, -0.25) is 0 Å². The van der Waals surface area contributed by atoms with Crippen LogP contribution in [0.15, 0.2) is 35.1 Å². The molecule has 2 rings (SSSR count). The maximum atomic E-state index is 9.38. The number of phenols is 1. The summed E-state index contributed by atoms with van der Waals surface area (Å²) in [5.74, 6) is 1.37. The fraction of sp³-hybridized carbons (Fsp3) is 0.250. The zero-order chi connectivity index (χ0) is 10.8. The maximum Gasteiger partial charge on any atom is 0.181 e. The summed E-state index contributed by atoms with van der Waals surface area (Å²) in [5.41, 5.74) is 1.69. The third-order valence-corrected chi connectivity index (χ3v) is 2.24. The second-order valence-corrected chi connectivity index (χ2v) is 3.77.